The summed E-state index contributed by atoms with van der Waals surface area (Å²) in [5, 5.41) is 0. The fraction of sp³-hybridized carbons (Fsp3) is 0.941. The highest BCUT2D eigenvalue weighted by molar-refractivity contribution is 7.99. The summed E-state index contributed by atoms with van der Waals surface area (Å²) in [5.74, 6) is 2.79. The van der Waals surface area contributed by atoms with Gasteiger partial charge < -0.3 is 4.90 Å². The van der Waals surface area contributed by atoms with Crippen LogP contribution in [0.4, 0.5) is 0 Å². The van der Waals surface area contributed by atoms with Gasteiger partial charge in [-0.2, -0.15) is 11.8 Å². The molecule has 0 aromatic carbocycles. The number of nitrogens with zero attached hydrogens (tertiary/aromatic N) is 3. The van der Waals surface area contributed by atoms with Gasteiger partial charge in [0.05, 0.1) is 6.54 Å². The SMILES string of the molecule is C[C@H]1CCCN1C1CCN(C(=O)CN(C)[C@@H]2CCSC2)CC1. The van der Waals surface area contributed by atoms with E-state index in [-0.39, 0.29) is 0 Å². The average molecular weight is 326 g/mol. The first-order valence-electron chi connectivity index (χ1n) is 8.96. The zero-order valence-electron chi connectivity index (χ0n) is 14.2. The minimum absolute atomic E-state index is 0.340. The van der Waals surface area contributed by atoms with E-state index in [4.69, 9.17) is 0 Å². The molecule has 0 N–H and O–H groups in total. The maximum atomic E-state index is 12.5. The van der Waals surface area contributed by atoms with Gasteiger partial charge in [0.25, 0.3) is 0 Å². The molecule has 5 heteroatoms. The third kappa shape index (κ3) is 3.80. The van der Waals surface area contributed by atoms with Crippen LogP contribution in [0.2, 0.25) is 0 Å². The van der Waals surface area contributed by atoms with Crippen LogP contribution in [-0.4, -0.2) is 83.5 Å². The second-order valence-corrected chi connectivity index (χ2v) is 8.42. The Balaban J connectivity index is 1.43. The summed E-state index contributed by atoms with van der Waals surface area (Å²) in [5.41, 5.74) is 0. The van der Waals surface area contributed by atoms with Crippen molar-refractivity contribution in [3.63, 3.8) is 0 Å². The first kappa shape index (κ1) is 16.6. The van der Waals surface area contributed by atoms with Crippen molar-refractivity contribution in [2.45, 2.75) is 57.2 Å². The monoisotopic (exact) mass is 325 g/mol. The molecule has 3 fully saturated rings. The van der Waals surface area contributed by atoms with E-state index in [1.54, 1.807) is 0 Å². The van der Waals surface area contributed by atoms with E-state index in [9.17, 15) is 4.79 Å². The van der Waals surface area contributed by atoms with Crippen molar-refractivity contribution in [3.05, 3.63) is 0 Å². The quantitative estimate of drug-likeness (QED) is 0.789. The highest BCUT2D eigenvalue weighted by Crippen LogP contribution is 2.26. The third-order valence-electron chi connectivity index (χ3n) is 5.80. The minimum Gasteiger partial charge on any atom is -0.341 e. The zero-order chi connectivity index (χ0) is 15.5. The van der Waals surface area contributed by atoms with Crippen LogP contribution >= 0.6 is 11.8 Å². The molecule has 126 valence electrons. The first-order chi connectivity index (χ1) is 10.6. The van der Waals surface area contributed by atoms with Gasteiger partial charge in [0.15, 0.2) is 0 Å². The van der Waals surface area contributed by atoms with Crippen LogP contribution in [0.3, 0.4) is 0 Å². The molecular weight excluding hydrogens is 294 g/mol. The standard InChI is InChI=1S/C17H31N3OS/c1-14-4-3-8-20(14)15-5-9-19(10-6-15)17(21)12-18(2)16-7-11-22-13-16/h14-16H,3-13H2,1-2H3/t14-,16+/m0/s1. The molecule has 0 spiro atoms. The zero-order valence-corrected chi connectivity index (χ0v) is 15.0. The van der Waals surface area contributed by atoms with Crippen LogP contribution in [0.15, 0.2) is 0 Å². The van der Waals surface area contributed by atoms with Crippen molar-refractivity contribution < 1.29 is 4.79 Å². The number of amides is 1. The molecule has 3 rings (SSSR count). The number of thioether (sulfide) groups is 1. The third-order valence-corrected chi connectivity index (χ3v) is 6.95. The van der Waals surface area contributed by atoms with E-state index >= 15 is 0 Å². The van der Waals surface area contributed by atoms with Crippen molar-refractivity contribution in [1.29, 1.82) is 0 Å². The number of rotatable bonds is 4. The largest absolute Gasteiger partial charge is 0.341 e. The summed E-state index contributed by atoms with van der Waals surface area (Å²) in [7, 11) is 2.12. The smallest absolute Gasteiger partial charge is 0.236 e. The molecule has 3 aliphatic heterocycles. The van der Waals surface area contributed by atoms with Crippen molar-refractivity contribution >= 4 is 17.7 Å². The van der Waals surface area contributed by atoms with Gasteiger partial charge in [0.2, 0.25) is 5.91 Å². The Hall–Kier alpha value is -0.260. The Bertz CT molecular complexity index is 378. The summed E-state index contributed by atoms with van der Waals surface area (Å²) in [6.07, 6.45) is 6.27. The molecule has 0 aliphatic carbocycles. The molecule has 3 saturated heterocycles. The minimum atomic E-state index is 0.340. The predicted molar refractivity (Wildman–Crippen MR) is 93.4 cm³/mol. The normalized spacial score (nSPS) is 31.3. The van der Waals surface area contributed by atoms with Gasteiger partial charge in [0, 0.05) is 37.0 Å². The van der Waals surface area contributed by atoms with E-state index in [0.717, 1.165) is 19.1 Å². The first-order valence-corrected chi connectivity index (χ1v) is 10.1. The average Bonchev–Trinajstić information content (AvgIpc) is 3.18. The summed E-state index contributed by atoms with van der Waals surface area (Å²) in [6, 6.07) is 2.07. The molecule has 3 heterocycles. The van der Waals surface area contributed by atoms with Gasteiger partial charge in [-0.1, -0.05) is 0 Å². The predicted octanol–water partition coefficient (Wildman–Crippen LogP) is 1.90. The van der Waals surface area contributed by atoms with Crippen LogP contribution in [0, 0.1) is 0 Å². The van der Waals surface area contributed by atoms with Gasteiger partial charge >= 0.3 is 0 Å². The Morgan fingerprint density at radius 3 is 2.55 bits per heavy atom. The van der Waals surface area contributed by atoms with Crippen molar-refractivity contribution in [3.8, 4) is 0 Å². The van der Waals surface area contributed by atoms with Gasteiger partial charge in [-0.05, 0) is 58.4 Å². The second-order valence-electron chi connectivity index (χ2n) is 7.27. The van der Waals surface area contributed by atoms with E-state index in [0.29, 0.717) is 24.5 Å². The molecular formula is C17H31N3OS. The Labute approximate surface area is 139 Å². The number of carbonyl (C=O) groups is 1. The Kier molecular flexibility index (Phi) is 5.69. The summed E-state index contributed by atoms with van der Waals surface area (Å²) in [6.45, 7) is 6.15. The number of carbonyl (C=O) groups excluding carboxylic acids is 1. The lowest BCUT2D eigenvalue weighted by atomic mass is 10.0. The lowest BCUT2D eigenvalue weighted by Gasteiger charge is -2.39. The van der Waals surface area contributed by atoms with Gasteiger partial charge in [-0.3, -0.25) is 14.6 Å². The van der Waals surface area contributed by atoms with Crippen LogP contribution < -0.4 is 0 Å². The van der Waals surface area contributed by atoms with Crippen molar-refractivity contribution in [2.24, 2.45) is 0 Å². The molecule has 0 saturated carbocycles. The molecule has 2 atom stereocenters. The van der Waals surface area contributed by atoms with E-state index in [1.165, 1.54) is 50.2 Å². The van der Waals surface area contributed by atoms with Crippen molar-refractivity contribution in [1.82, 2.24) is 14.7 Å². The Morgan fingerprint density at radius 1 is 1.18 bits per heavy atom. The van der Waals surface area contributed by atoms with Crippen LogP contribution in [0.25, 0.3) is 0 Å². The lowest BCUT2D eigenvalue weighted by molar-refractivity contribution is -0.134. The maximum Gasteiger partial charge on any atom is 0.236 e. The highest BCUT2D eigenvalue weighted by atomic mass is 32.2. The molecule has 22 heavy (non-hydrogen) atoms. The molecule has 0 aromatic heterocycles. The second kappa shape index (κ2) is 7.54. The molecule has 4 nitrogen and oxygen atoms in total. The fourth-order valence-corrected chi connectivity index (χ4v) is 5.56. The molecule has 1 amide bonds. The maximum absolute atomic E-state index is 12.5. The Morgan fingerprint density at radius 2 is 1.95 bits per heavy atom. The number of hydrogen-bond acceptors (Lipinski definition) is 4. The number of likely N-dealkylation sites (N-methyl/N-ethyl adjacent to an activating group) is 1. The topological polar surface area (TPSA) is 26.8 Å². The van der Waals surface area contributed by atoms with E-state index in [2.05, 4.69) is 28.7 Å². The van der Waals surface area contributed by atoms with Crippen LogP contribution in [0.1, 0.15) is 39.0 Å². The lowest BCUT2D eigenvalue weighted by Crippen LogP contribution is -2.50. The molecule has 0 aromatic rings. The summed E-state index contributed by atoms with van der Waals surface area (Å²) >= 11 is 2.02. The van der Waals surface area contributed by atoms with E-state index in [1.807, 2.05) is 11.8 Å². The highest BCUT2D eigenvalue weighted by Gasteiger charge is 2.32. The molecule has 0 unspecified atom stereocenters. The summed E-state index contributed by atoms with van der Waals surface area (Å²) < 4.78 is 0. The molecule has 0 bridgehead atoms. The van der Waals surface area contributed by atoms with Gasteiger partial charge in [-0.25, -0.2) is 0 Å². The van der Waals surface area contributed by atoms with Crippen LogP contribution in [0.5, 0.6) is 0 Å². The number of hydrogen-bond donors (Lipinski definition) is 0. The van der Waals surface area contributed by atoms with Gasteiger partial charge in [0.1, 0.15) is 0 Å². The fourth-order valence-electron chi connectivity index (χ4n) is 4.26. The van der Waals surface area contributed by atoms with Crippen molar-refractivity contribution in [2.75, 3.05) is 44.7 Å². The van der Waals surface area contributed by atoms with E-state index < -0.39 is 0 Å². The van der Waals surface area contributed by atoms with Crippen LogP contribution in [-0.2, 0) is 4.79 Å². The number of likely N-dealkylation sites (tertiary alicyclic amines) is 2. The summed E-state index contributed by atoms with van der Waals surface area (Å²) in [4.78, 5) is 19.6. The molecule has 0 radical (unpaired) electrons. The molecule has 3 aliphatic rings. The van der Waals surface area contributed by atoms with Gasteiger partial charge in [-0.15, -0.1) is 0 Å². The number of piperidine rings is 1.